The standard InChI is InChI=1S/C18H20N5O13P3S2/c19-18-21-12(11-4-3-10(41-11)9-2-1-5-40-9)13-16(22-18)23(7-20-13)17-15(25)14(24)8(34-17)6-33-38(29,30)36-39(31,32)35-37(26,27)28/h1-5,7-8,14-15,17,24-25H,6H2,(H,29,30)(H,31,32)(H2,19,21,22)(H2,26,27,28)/t8-,14?,15?,17?/m1/s1. The molecule has 0 aliphatic carbocycles. The first-order chi connectivity index (χ1) is 19.1. The molecule has 41 heavy (non-hydrogen) atoms. The number of imidazole rings is 1. The summed E-state index contributed by atoms with van der Waals surface area (Å²) in [4.78, 5) is 51.8. The third-order valence-corrected chi connectivity index (χ3v) is 11.4. The highest BCUT2D eigenvalue weighted by atomic mass is 32.1. The maximum absolute atomic E-state index is 12.0. The number of rotatable bonds is 10. The van der Waals surface area contributed by atoms with Crippen molar-refractivity contribution in [2.75, 3.05) is 12.3 Å². The SMILES string of the molecule is Nc1nc(-c2ccc(-c3cccs3)s2)c2ncn(C3O[C@H](COP(=O)(O)OP(=O)(O)OP(=O)(O)O)C(O)C3O)c2n1. The highest BCUT2D eigenvalue weighted by Gasteiger charge is 2.47. The van der Waals surface area contributed by atoms with E-state index in [0.29, 0.717) is 11.2 Å². The molecule has 0 saturated carbocycles. The van der Waals surface area contributed by atoms with Crippen LogP contribution in [0.1, 0.15) is 6.23 Å². The molecule has 0 amide bonds. The Morgan fingerprint density at radius 2 is 1.71 bits per heavy atom. The average molecular weight is 671 g/mol. The number of phosphoric acid groups is 3. The molecular weight excluding hydrogens is 651 g/mol. The first kappa shape index (κ1) is 30.5. The van der Waals surface area contributed by atoms with E-state index in [4.69, 9.17) is 20.3 Å². The summed E-state index contributed by atoms with van der Waals surface area (Å²) in [5.74, 6) is -0.113. The number of hydrogen-bond acceptors (Lipinski definition) is 15. The topological polar surface area (TPSA) is 279 Å². The monoisotopic (exact) mass is 671 g/mol. The molecule has 23 heteroatoms. The summed E-state index contributed by atoms with van der Waals surface area (Å²) in [5, 5.41) is 23.1. The second-order valence-electron chi connectivity index (χ2n) is 8.33. The smallest absolute Gasteiger partial charge is 0.387 e. The van der Waals surface area contributed by atoms with E-state index >= 15 is 0 Å². The van der Waals surface area contributed by atoms with E-state index in [2.05, 4.69) is 28.1 Å². The van der Waals surface area contributed by atoms with E-state index < -0.39 is 54.6 Å². The van der Waals surface area contributed by atoms with Gasteiger partial charge in [-0.1, -0.05) is 6.07 Å². The van der Waals surface area contributed by atoms with Crippen molar-refractivity contribution in [2.24, 2.45) is 0 Å². The van der Waals surface area contributed by atoms with Crippen molar-refractivity contribution in [1.29, 1.82) is 0 Å². The van der Waals surface area contributed by atoms with Gasteiger partial charge in [0.1, 0.15) is 29.5 Å². The molecule has 6 atom stereocenters. The zero-order valence-corrected chi connectivity index (χ0v) is 24.4. The number of nitrogens with zero attached hydrogens (tertiary/aromatic N) is 4. The lowest BCUT2D eigenvalue weighted by Gasteiger charge is -2.19. The minimum atomic E-state index is -5.74. The predicted octanol–water partition coefficient (Wildman–Crippen LogP) is 1.83. The van der Waals surface area contributed by atoms with Gasteiger partial charge in [0.2, 0.25) is 5.95 Å². The van der Waals surface area contributed by atoms with Gasteiger partial charge in [0.05, 0.1) is 17.8 Å². The number of aliphatic hydroxyl groups excluding tert-OH is 2. The van der Waals surface area contributed by atoms with Crippen molar-refractivity contribution in [3.8, 4) is 20.3 Å². The molecule has 1 saturated heterocycles. The normalized spacial score (nSPS) is 24.4. The lowest BCUT2D eigenvalue weighted by molar-refractivity contribution is -0.0503. The molecule has 18 nitrogen and oxygen atoms in total. The molecule has 1 aliphatic heterocycles. The van der Waals surface area contributed by atoms with Crippen LogP contribution in [0.4, 0.5) is 5.95 Å². The fraction of sp³-hybridized carbons (Fsp3) is 0.278. The highest BCUT2D eigenvalue weighted by molar-refractivity contribution is 7.66. The second kappa shape index (κ2) is 11.3. The van der Waals surface area contributed by atoms with Crippen LogP contribution >= 0.6 is 46.1 Å². The zero-order valence-electron chi connectivity index (χ0n) is 20.0. The van der Waals surface area contributed by atoms with Crippen molar-refractivity contribution in [2.45, 2.75) is 24.5 Å². The molecule has 0 bridgehead atoms. The van der Waals surface area contributed by atoms with Gasteiger partial charge < -0.3 is 40.3 Å². The Hall–Kier alpha value is -1.96. The molecule has 0 aromatic carbocycles. The quantitative estimate of drug-likeness (QED) is 0.118. The number of ether oxygens (including phenoxy) is 1. The lowest BCUT2D eigenvalue weighted by atomic mass is 10.1. The van der Waals surface area contributed by atoms with E-state index in [1.54, 1.807) is 11.3 Å². The van der Waals surface area contributed by atoms with Crippen LogP contribution in [0.25, 0.3) is 31.5 Å². The van der Waals surface area contributed by atoms with Crippen molar-refractivity contribution < 1.29 is 61.4 Å². The minimum absolute atomic E-state index is 0.113. The molecule has 222 valence electrons. The van der Waals surface area contributed by atoms with E-state index in [1.165, 1.54) is 22.2 Å². The second-order valence-corrected chi connectivity index (χ2v) is 14.8. The molecule has 5 rings (SSSR count). The average Bonchev–Trinajstić information content (AvgIpc) is 3.63. The number of nitrogens with two attached hydrogens (primary N) is 1. The molecule has 0 radical (unpaired) electrons. The third-order valence-electron chi connectivity index (χ3n) is 5.47. The summed E-state index contributed by atoms with van der Waals surface area (Å²) in [7, 11) is -16.8. The Balaban J connectivity index is 1.35. The summed E-state index contributed by atoms with van der Waals surface area (Å²) >= 11 is 3.02. The Labute approximate surface area is 237 Å². The number of anilines is 1. The van der Waals surface area contributed by atoms with Gasteiger partial charge in [0.25, 0.3) is 0 Å². The van der Waals surface area contributed by atoms with Crippen LogP contribution in [0.15, 0.2) is 36.0 Å². The Morgan fingerprint density at radius 3 is 2.39 bits per heavy atom. The fourth-order valence-corrected chi connectivity index (χ4v) is 8.74. The molecule has 1 aliphatic rings. The summed E-state index contributed by atoms with van der Waals surface area (Å²) in [5.41, 5.74) is 6.82. The van der Waals surface area contributed by atoms with Crippen molar-refractivity contribution in [3.63, 3.8) is 0 Å². The summed E-state index contributed by atoms with van der Waals surface area (Å²) in [6.45, 7) is -0.978. The minimum Gasteiger partial charge on any atom is -0.387 e. The highest BCUT2D eigenvalue weighted by Crippen LogP contribution is 2.66. The number of fused-ring (bicyclic) bond motifs is 1. The van der Waals surface area contributed by atoms with Gasteiger partial charge >= 0.3 is 23.5 Å². The number of phosphoric ester groups is 1. The summed E-state index contributed by atoms with van der Waals surface area (Å²) in [6, 6.07) is 7.68. The van der Waals surface area contributed by atoms with Crippen molar-refractivity contribution in [1.82, 2.24) is 19.5 Å². The van der Waals surface area contributed by atoms with E-state index in [0.717, 1.165) is 14.6 Å². The third kappa shape index (κ3) is 6.83. The zero-order chi connectivity index (χ0) is 29.7. The van der Waals surface area contributed by atoms with Gasteiger partial charge in [-0.3, -0.25) is 9.09 Å². The van der Waals surface area contributed by atoms with Gasteiger partial charge in [0, 0.05) is 9.75 Å². The predicted molar refractivity (Wildman–Crippen MR) is 142 cm³/mol. The molecule has 1 fully saturated rings. The Bertz CT molecular complexity index is 1710. The number of nitrogen functional groups attached to an aromatic ring is 1. The van der Waals surface area contributed by atoms with Crippen LogP contribution in [-0.4, -0.2) is 74.2 Å². The van der Waals surface area contributed by atoms with Crippen LogP contribution in [0.3, 0.4) is 0 Å². The molecular formula is C18H20N5O13P3S2. The van der Waals surface area contributed by atoms with E-state index in [9.17, 15) is 33.7 Å². The molecule has 4 aromatic rings. The maximum Gasteiger partial charge on any atom is 0.490 e. The fourth-order valence-electron chi connectivity index (χ4n) is 3.88. The number of thiophene rings is 2. The van der Waals surface area contributed by atoms with Crippen molar-refractivity contribution >= 4 is 63.3 Å². The van der Waals surface area contributed by atoms with E-state index in [1.807, 2.05) is 29.6 Å². The van der Waals surface area contributed by atoms with Gasteiger partial charge in [-0.15, -0.1) is 22.7 Å². The largest absolute Gasteiger partial charge is 0.490 e. The lowest BCUT2D eigenvalue weighted by Crippen LogP contribution is -2.33. The van der Waals surface area contributed by atoms with Crippen LogP contribution in [0, 0.1) is 0 Å². The Kier molecular flexibility index (Phi) is 8.39. The van der Waals surface area contributed by atoms with Crippen LogP contribution in [-0.2, 0) is 31.6 Å². The van der Waals surface area contributed by atoms with Gasteiger partial charge in [0.15, 0.2) is 11.9 Å². The Morgan fingerprint density at radius 1 is 0.976 bits per heavy atom. The molecule has 5 heterocycles. The molecule has 5 unspecified atom stereocenters. The van der Waals surface area contributed by atoms with Gasteiger partial charge in [-0.25, -0.2) is 23.7 Å². The van der Waals surface area contributed by atoms with Gasteiger partial charge in [-0.2, -0.15) is 13.6 Å². The first-order valence-electron chi connectivity index (χ1n) is 11.1. The van der Waals surface area contributed by atoms with Crippen LogP contribution in [0.5, 0.6) is 0 Å². The number of aliphatic hydroxyl groups is 2. The van der Waals surface area contributed by atoms with E-state index in [-0.39, 0.29) is 11.6 Å². The summed E-state index contributed by atoms with van der Waals surface area (Å²) < 4.78 is 53.0. The molecule has 4 aromatic heterocycles. The summed E-state index contributed by atoms with van der Waals surface area (Å²) in [6.07, 6.45) is -4.94. The van der Waals surface area contributed by atoms with Crippen molar-refractivity contribution in [3.05, 3.63) is 36.0 Å². The first-order valence-corrected chi connectivity index (χ1v) is 17.3. The number of aromatic nitrogens is 4. The maximum atomic E-state index is 12.0. The molecule has 8 N–H and O–H groups in total. The van der Waals surface area contributed by atoms with Crippen LogP contribution < -0.4 is 5.73 Å². The number of hydrogen-bond donors (Lipinski definition) is 7. The van der Waals surface area contributed by atoms with Gasteiger partial charge in [-0.05, 0) is 23.6 Å². The molecule has 0 spiro atoms. The van der Waals surface area contributed by atoms with Crippen LogP contribution in [0.2, 0.25) is 0 Å².